The molecule has 4 rings (SSSR count). The summed E-state index contributed by atoms with van der Waals surface area (Å²) >= 11 is 0. The van der Waals surface area contributed by atoms with Crippen molar-refractivity contribution >= 4 is 27.5 Å². The van der Waals surface area contributed by atoms with Crippen molar-refractivity contribution in [3.8, 4) is 0 Å². The standard InChI is InChI=1S/C21H23N3O6S/c1-14-3-6-19-16(11-14)13-30-21(25)23(19)17-7-9-22(10-8-17)31(28,29)20-12-18(24(26)27)5-4-15(20)2/h3-6,11-12,17H,7-10,13H2,1-2H3. The lowest BCUT2D eigenvalue weighted by Crippen LogP contribution is -2.50. The van der Waals surface area contributed by atoms with E-state index in [0.717, 1.165) is 22.9 Å². The number of anilines is 1. The molecule has 0 aromatic heterocycles. The molecule has 31 heavy (non-hydrogen) atoms. The Labute approximate surface area is 180 Å². The van der Waals surface area contributed by atoms with Gasteiger partial charge in [-0.3, -0.25) is 15.0 Å². The minimum atomic E-state index is -3.89. The fourth-order valence-electron chi connectivity index (χ4n) is 4.18. The molecule has 2 aromatic carbocycles. The van der Waals surface area contributed by atoms with Crippen molar-refractivity contribution in [2.24, 2.45) is 0 Å². The highest BCUT2D eigenvalue weighted by molar-refractivity contribution is 7.89. The molecule has 164 valence electrons. The van der Waals surface area contributed by atoms with Crippen LogP contribution in [-0.2, 0) is 21.4 Å². The van der Waals surface area contributed by atoms with E-state index in [1.165, 1.54) is 16.4 Å². The Hall–Kier alpha value is -2.98. The van der Waals surface area contributed by atoms with Crippen LogP contribution in [-0.4, -0.2) is 42.9 Å². The highest BCUT2D eigenvalue weighted by Gasteiger charge is 2.37. The van der Waals surface area contributed by atoms with E-state index < -0.39 is 21.0 Å². The molecule has 2 heterocycles. The van der Waals surface area contributed by atoms with Gasteiger partial charge in [-0.15, -0.1) is 0 Å². The molecule has 0 aliphatic carbocycles. The number of cyclic esters (lactones) is 1. The van der Waals surface area contributed by atoms with Crippen LogP contribution in [0.1, 0.15) is 29.5 Å². The zero-order valence-electron chi connectivity index (χ0n) is 17.3. The molecule has 0 N–H and O–H groups in total. The quantitative estimate of drug-likeness (QED) is 0.526. The van der Waals surface area contributed by atoms with E-state index in [-0.39, 0.29) is 36.3 Å². The third-order valence-corrected chi connectivity index (χ3v) is 7.87. The van der Waals surface area contributed by atoms with Crippen LogP contribution in [0.5, 0.6) is 0 Å². The van der Waals surface area contributed by atoms with E-state index in [2.05, 4.69) is 0 Å². The van der Waals surface area contributed by atoms with Crippen molar-refractivity contribution in [3.05, 3.63) is 63.2 Å². The number of carbonyl (C=O) groups is 1. The van der Waals surface area contributed by atoms with E-state index >= 15 is 0 Å². The Kier molecular flexibility index (Phi) is 5.44. The van der Waals surface area contributed by atoms with Gasteiger partial charge in [0.1, 0.15) is 6.61 Å². The van der Waals surface area contributed by atoms with Crippen LogP contribution in [0, 0.1) is 24.0 Å². The number of non-ortho nitro benzene ring substituents is 1. The molecule has 0 bridgehead atoms. The zero-order valence-corrected chi connectivity index (χ0v) is 18.1. The Morgan fingerprint density at radius 2 is 1.81 bits per heavy atom. The Balaban J connectivity index is 1.55. The number of fused-ring (bicyclic) bond motifs is 1. The van der Waals surface area contributed by atoms with Crippen LogP contribution in [0.25, 0.3) is 0 Å². The number of sulfonamides is 1. The van der Waals surface area contributed by atoms with Gasteiger partial charge in [-0.25, -0.2) is 13.2 Å². The van der Waals surface area contributed by atoms with E-state index in [1.807, 2.05) is 25.1 Å². The third-order valence-electron chi connectivity index (χ3n) is 5.83. The zero-order chi connectivity index (χ0) is 22.3. The maximum atomic E-state index is 13.2. The number of rotatable bonds is 4. The van der Waals surface area contributed by atoms with Gasteiger partial charge < -0.3 is 4.74 Å². The summed E-state index contributed by atoms with van der Waals surface area (Å²) in [6.45, 7) is 4.23. The average Bonchev–Trinajstić information content (AvgIpc) is 2.74. The van der Waals surface area contributed by atoms with Gasteiger partial charge in [-0.2, -0.15) is 4.31 Å². The van der Waals surface area contributed by atoms with Gasteiger partial charge in [-0.05, 0) is 38.3 Å². The summed E-state index contributed by atoms with van der Waals surface area (Å²) in [5.41, 5.74) is 3.00. The van der Waals surface area contributed by atoms with Gasteiger partial charge in [0.15, 0.2) is 0 Å². The Morgan fingerprint density at radius 1 is 1.10 bits per heavy atom. The monoisotopic (exact) mass is 445 g/mol. The predicted octanol–water partition coefficient (Wildman–Crippen LogP) is 3.52. The highest BCUT2D eigenvalue weighted by Crippen LogP contribution is 2.34. The Morgan fingerprint density at radius 3 is 2.48 bits per heavy atom. The molecule has 0 unspecified atom stereocenters. The fraction of sp³-hybridized carbons (Fsp3) is 0.381. The molecule has 2 aromatic rings. The van der Waals surface area contributed by atoms with Gasteiger partial charge in [0.05, 0.1) is 15.5 Å². The predicted molar refractivity (Wildman–Crippen MR) is 113 cm³/mol. The molecule has 9 nitrogen and oxygen atoms in total. The van der Waals surface area contributed by atoms with Crippen LogP contribution >= 0.6 is 0 Å². The molecule has 10 heteroatoms. The van der Waals surface area contributed by atoms with Crippen molar-refractivity contribution in [3.63, 3.8) is 0 Å². The minimum Gasteiger partial charge on any atom is -0.444 e. The summed E-state index contributed by atoms with van der Waals surface area (Å²) in [6, 6.07) is 9.49. The molecule has 1 saturated heterocycles. The molecule has 0 saturated carbocycles. The topological polar surface area (TPSA) is 110 Å². The summed E-state index contributed by atoms with van der Waals surface area (Å²) in [7, 11) is -3.89. The normalized spacial score (nSPS) is 17.9. The van der Waals surface area contributed by atoms with Gasteiger partial charge >= 0.3 is 6.09 Å². The first kappa shape index (κ1) is 21.3. The smallest absolute Gasteiger partial charge is 0.414 e. The van der Waals surface area contributed by atoms with Gasteiger partial charge in [-0.1, -0.05) is 23.8 Å². The Bertz CT molecular complexity index is 1160. The molecule has 0 atom stereocenters. The minimum absolute atomic E-state index is 0.0571. The third kappa shape index (κ3) is 3.88. The lowest BCUT2D eigenvalue weighted by molar-refractivity contribution is -0.385. The van der Waals surface area contributed by atoms with Crippen molar-refractivity contribution in [1.82, 2.24) is 4.31 Å². The molecule has 0 spiro atoms. The fourth-order valence-corrected chi connectivity index (χ4v) is 5.89. The average molecular weight is 445 g/mol. The number of benzene rings is 2. The largest absolute Gasteiger partial charge is 0.444 e. The number of hydrogen-bond donors (Lipinski definition) is 0. The maximum Gasteiger partial charge on any atom is 0.414 e. The molecule has 0 radical (unpaired) electrons. The van der Waals surface area contributed by atoms with E-state index in [4.69, 9.17) is 4.74 Å². The van der Waals surface area contributed by atoms with Crippen LogP contribution in [0.3, 0.4) is 0 Å². The summed E-state index contributed by atoms with van der Waals surface area (Å²) in [4.78, 5) is 24.5. The van der Waals surface area contributed by atoms with Crippen LogP contribution in [0.15, 0.2) is 41.3 Å². The molecular weight excluding hydrogens is 422 g/mol. The molecule has 1 amide bonds. The van der Waals surface area contributed by atoms with E-state index in [9.17, 15) is 23.3 Å². The number of nitro benzene ring substituents is 1. The second-order valence-corrected chi connectivity index (χ2v) is 9.81. The molecule has 1 fully saturated rings. The summed E-state index contributed by atoms with van der Waals surface area (Å²) < 4.78 is 33.0. The SMILES string of the molecule is Cc1ccc2c(c1)COC(=O)N2C1CCN(S(=O)(=O)c2cc([N+](=O)[O-])ccc2C)CC1. The first-order valence-electron chi connectivity index (χ1n) is 9.99. The van der Waals surface area contributed by atoms with Crippen molar-refractivity contribution in [2.75, 3.05) is 18.0 Å². The number of carbonyl (C=O) groups excluding carboxylic acids is 1. The van der Waals surface area contributed by atoms with Crippen LogP contribution in [0.2, 0.25) is 0 Å². The van der Waals surface area contributed by atoms with Gasteiger partial charge in [0.2, 0.25) is 10.0 Å². The number of aryl methyl sites for hydroxylation is 2. The van der Waals surface area contributed by atoms with Gasteiger partial charge in [0, 0.05) is 36.8 Å². The number of ether oxygens (including phenoxy) is 1. The summed E-state index contributed by atoms with van der Waals surface area (Å²) in [5, 5.41) is 11.1. The van der Waals surface area contributed by atoms with Crippen LogP contribution in [0.4, 0.5) is 16.2 Å². The van der Waals surface area contributed by atoms with E-state index in [1.54, 1.807) is 11.8 Å². The number of piperidine rings is 1. The highest BCUT2D eigenvalue weighted by atomic mass is 32.2. The van der Waals surface area contributed by atoms with Crippen molar-refractivity contribution in [2.45, 2.75) is 44.2 Å². The lowest BCUT2D eigenvalue weighted by atomic mass is 10.0. The second kappa shape index (κ2) is 7.93. The summed E-state index contributed by atoms with van der Waals surface area (Å²) in [6.07, 6.45) is 0.456. The second-order valence-electron chi connectivity index (χ2n) is 7.90. The van der Waals surface area contributed by atoms with E-state index in [0.29, 0.717) is 18.4 Å². The van der Waals surface area contributed by atoms with Gasteiger partial charge in [0.25, 0.3) is 5.69 Å². The molecule has 2 aliphatic rings. The number of hydrogen-bond acceptors (Lipinski definition) is 6. The number of amides is 1. The summed E-state index contributed by atoms with van der Waals surface area (Å²) in [5.74, 6) is 0. The number of nitrogens with zero attached hydrogens (tertiary/aromatic N) is 3. The van der Waals surface area contributed by atoms with Crippen LogP contribution < -0.4 is 4.90 Å². The first-order valence-corrected chi connectivity index (χ1v) is 11.4. The molecule has 2 aliphatic heterocycles. The lowest BCUT2D eigenvalue weighted by Gasteiger charge is -2.40. The maximum absolute atomic E-state index is 13.2. The van der Waals surface area contributed by atoms with Crippen molar-refractivity contribution < 1.29 is 22.9 Å². The van der Waals surface area contributed by atoms with Crippen molar-refractivity contribution in [1.29, 1.82) is 0 Å². The first-order chi connectivity index (χ1) is 14.7. The molecular formula is C21H23N3O6S. The number of nitro groups is 1.